The van der Waals surface area contributed by atoms with Crippen molar-refractivity contribution in [2.45, 2.75) is 70.9 Å². The number of rotatable bonds is 10. The van der Waals surface area contributed by atoms with Gasteiger partial charge in [0.2, 0.25) is 0 Å². The minimum absolute atomic E-state index is 0.0802. The predicted molar refractivity (Wildman–Crippen MR) is 133 cm³/mol. The first-order valence-corrected chi connectivity index (χ1v) is 12.5. The molecule has 0 amide bonds. The first-order valence-electron chi connectivity index (χ1n) is 12.5. The molecule has 1 aliphatic carbocycles. The quantitative estimate of drug-likeness (QED) is 0.363. The summed E-state index contributed by atoms with van der Waals surface area (Å²) in [6.07, 6.45) is 6.56. The molecule has 194 valence electrons. The molecule has 0 bridgehead atoms. The summed E-state index contributed by atoms with van der Waals surface area (Å²) in [5.74, 6) is -0.629. The van der Waals surface area contributed by atoms with Crippen LogP contribution in [0.4, 0.5) is 5.82 Å². The fourth-order valence-corrected chi connectivity index (χ4v) is 5.10. The molecule has 2 aromatic heterocycles. The number of hydrogen-bond acceptors (Lipinski definition) is 8. The summed E-state index contributed by atoms with van der Waals surface area (Å²) < 4.78 is 0. The number of anilines is 1. The number of aliphatic carboxylic acids is 1. The summed E-state index contributed by atoms with van der Waals surface area (Å²) in [5, 5.41) is 23.8. The van der Waals surface area contributed by atoms with E-state index in [9.17, 15) is 24.6 Å². The van der Waals surface area contributed by atoms with E-state index in [1.54, 1.807) is 6.92 Å². The molecule has 0 spiro atoms. The van der Waals surface area contributed by atoms with E-state index in [-0.39, 0.29) is 30.2 Å². The fraction of sp³-hybridized carbons (Fsp3) is 0.538. The maximum atomic E-state index is 13.0. The average Bonchev–Trinajstić information content (AvgIpc) is 2.83. The standard InChI is InChI=1S/C26H34N4O6/c1-15-14-28-24(32)16(2)22(15)26(35)36-30(21(9-11-31)25(33)34)20-12-17(13-20)5-7-19-8-6-18-4-3-10-27-23(18)29-19/h6,8,14,17,20-21,31H,3-5,7,9-13H2,1-2H3,(H,27,29)(H,28,32)(H,33,34)/t17?,20?,21-/m0/s1. The van der Waals surface area contributed by atoms with E-state index in [2.05, 4.69) is 22.4 Å². The predicted octanol–water partition coefficient (Wildman–Crippen LogP) is 2.37. The molecule has 1 atom stereocenters. The van der Waals surface area contributed by atoms with Crippen LogP contribution in [0.15, 0.2) is 23.1 Å². The molecule has 2 aromatic rings. The largest absolute Gasteiger partial charge is 0.480 e. The molecule has 0 saturated heterocycles. The Kier molecular flexibility index (Phi) is 8.05. The highest BCUT2D eigenvalue weighted by atomic mass is 16.7. The Balaban J connectivity index is 1.42. The van der Waals surface area contributed by atoms with Gasteiger partial charge in [-0.1, -0.05) is 6.07 Å². The van der Waals surface area contributed by atoms with Crippen molar-refractivity contribution in [2.75, 3.05) is 18.5 Å². The Morgan fingerprint density at radius 2 is 2.06 bits per heavy atom. The van der Waals surface area contributed by atoms with Crippen LogP contribution in [0.3, 0.4) is 0 Å². The maximum absolute atomic E-state index is 13.0. The molecule has 0 radical (unpaired) electrons. The number of carbonyl (C=O) groups excluding carboxylic acids is 1. The first kappa shape index (κ1) is 25.8. The Morgan fingerprint density at radius 1 is 1.28 bits per heavy atom. The van der Waals surface area contributed by atoms with Crippen LogP contribution in [0.2, 0.25) is 0 Å². The number of aromatic nitrogens is 2. The van der Waals surface area contributed by atoms with Crippen molar-refractivity contribution >= 4 is 17.8 Å². The molecule has 4 rings (SSSR count). The maximum Gasteiger partial charge on any atom is 0.357 e. The molecule has 3 heterocycles. The molecule has 1 fully saturated rings. The topological polar surface area (TPSA) is 145 Å². The van der Waals surface area contributed by atoms with Crippen molar-refractivity contribution in [3.63, 3.8) is 0 Å². The van der Waals surface area contributed by atoms with Gasteiger partial charge in [0, 0.05) is 36.6 Å². The molecular weight excluding hydrogens is 464 g/mol. The smallest absolute Gasteiger partial charge is 0.357 e. The second-order valence-corrected chi connectivity index (χ2v) is 9.78. The number of nitrogens with one attached hydrogen (secondary N) is 2. The summed E-state index contributed by atoms with van der Waals surface area (Å²) in [5.41, 5.74) is 2.75. The van der Waals surface area contributed by atoms with Gasteiger partial charge in [0.05, 0.1) is 5.56 Å². The van der Waals surface area contributed by atoms with E-state index in [4.69, 9.17) is 9.82 Å². The van der Waals surface area contributed by atoms with Crippen LogP contribution in [0, 0.1) is 19.8 Å². The molecule has 4 N–H and O–H groups in total. The number of carboxylic acids is 1. The number of aromatic amines is 1. The van der Waals surface area contributed by atoms with Crippen molar-refractivity contribution in [1.29, 1.82) is 0 Å². The third kappa shape index (κ3) is 5.60. The van der Waals surface area contributed by atoms with Crippen LogP contribution in [-0.4, -0.2) is 62.4 Å². The number of carboxylic acid groups (broad SMARTS) is 1. The van der Waals surface area contributed by atoms with Crippen molar-refractivity contribution in [3.05, 3.63) is 56.6 Å². The van der Waals surface area contributed by atoms with Crippen LogP contribution < -0.4 is 10.9 Å². The van der Waals surface area contributed by atoms with Crippen molar-refractivity contribution < 1.29 is 24.6 Å². The van der Waals surface area contributed by atoms with Gasteiger partial charge in [-0.25, -0.2) is 9.78 Å². The molecular formula is C26H34N4O6. The second kappa shape index (κ2) is 11.2. The van der Waals surface area contributed by atoms with Gasteiger partial charge in [-0.3, -0.25) is 9.59 Å². The van der Waals surface area contributed by atoms with Gasteiger partial charge in [0.25, 0.3) is 5.56 Å². The number of hydrogen-bond donors (Lipinski definition) is 4. The van der Waals surface area contributed by atoms with E-state index in [1.807, 2.05) is 0 Å². The van der Waals surface area contributed by atoms with Crippen molar-refractivity contribution in [1.82, 2.24) is 15.0 Å². The van der Waals surface area contributed by atoms with E-state index in [1.165, 1.54) is 23.7 Å². The van der Waals surface area contributed by atoms with Gasteiger partial charge in [-0.15, -0.1) is 5.06 Å². The van der Waals surface area contributed by atoms with E-state index in [0.717, 1.165) is 43.7 Å². The Bertz CT molecular complexity index is 1170. The van der Waals surface area contributed by atoms with Crippen molar-refractivity contribution in [3.8, 4) is 0 Å². The number of pyridine rings is 2. The third-order valence-electron chi connectivity index (χ3n) is 7.25. The van der Waals surface area contributed by atoms with Crippen LogP contribution in [0.1, 0.15) is 64.8 Å². The lowest BCUT2D eigenvalue weighted by molar-refractivity contribution is -0.204. The Morgan fingerprint density at radius 3 is 2.78 bits per heavy atom. The molecule has 0 unspecified atom stereocenters. The van der Waals surface area contributed by atoms with E-state index < -0.39 is 23.5 Å². The average molecular weight is 499 g/mol. The minimum Gasteiger partial charge on any atom is -0.480 e. The van der Waals surface area contributed by atoms with Gasteiger partial charge >= 0.3 is 11.9 Å². The number of fused-ring (bicyclic) bond motifs is 1. The zero-order chi connectivity index (χ0) is 25.8. The Labute approximate surface area is 209 Å². The van der Waals surface area contributed by atoms with Crippen molar-refractivity contribution in [2.24, 2.45) is 5.92 Å². The second-order valence-electron chi connectivity index (χ2n) is 9.78. The van der Waals surface area contributed by atoms with Crippen LogP contribution >= 0.6 is 0 Å². The van der Waals surface area contributed by atoms with Gasteiger partial charge in [-0.05, 0) is 81.9 Å². The summed E-state index contributed by atoms with van der Waals surface area (Å²) in [7, 11) is 0. The van der Waals surface area contributed by atoms with Gasteiger partial charge < -0.3 is 25.4 Å². The summed E-state index contributed by atoms with van der Waals surface area (Å²) in [6.45, 7) is 3.79. The SMILES string of the molecule is Cc1c[nH]c(=O)c(C)c1C(=O)ON(C1CC(CCc2ccc3c(n2)NCCC3)C1)[C@@H](CCO)C(=O)O. The monoisotopic (exact) mass is 498 g/mol. The van der Waals surface area contributed by atoms with Gasteiger partial charge in [0.1, 0.15) is 11.9 Å². The molecule has 10 nitrogen and oxygen atoms in total. The lowest BCUT2D eigenvalue weighted by atomic mass is 9.76. The van der Waals surface area contributed by atoms with E-state index >= 15 is 0 Å². The molecule has 1 aliphatic heterocycles. The van der Waals surface area contributed by atoms with E-state index in [0.29, 0.717) is 24.3 Å². The van der Waals surface area contributed by atoms with Gasteiger partial charge in [0.15, 0.2) is 0 Å². The lowest BCUT2D eigenvalue weighted by Crippen LogP contribution is -2.53. The zero-order valence-electron chi connectivity index (χ0n) is 20.7. The number of aliphatic hydroxyl groups is 1. The zero-order valence-corrected chi connectivity index (χ0v) is 20.7. The summed E-state index contributed by atoms with van der Waals surface area (Å²) in [6, 6.07) is 2.75. The molecule has 10 heteroatoms. The number of carbonyl (C=O) groups is 2. The number of nitrogens with zero attached hydrogens (tertiary/aromatic N) is 2. The minimum atomic E-state index is -1.18. The highest BCUT2D eigenvalue weighted by Crippen LogP contribution is 2.37. The number of aryl methyl sites for hydroxylation is 3. The summed E-state index contributed by atoms with van der Waals surface area (Å²) >= 11 is 0. The third-order valence-corrected chi connectivity index (χ3v) is 7.25. The molecule has 2 aliphatic rings. The van der Waals surface area contributed by atoms with Gasteiger partial charge in [-0.2, -0.15) is 0 Å². The molecule has 1 saturated carbocycles. The number of hydroxylamine groups is 2. The lowest BCUT2D eigenvalue weighted by Gasteiger charge is -2.43. The Hall–Kier alpha value is -3.24. The first-order chi connectivity index (χ1) is 17.3. The number of aliphatic hydroxyl groups excluding tert-OH is 1. The normalized spacial score (nSPS) is 19.7. The van der Waals surface area contributed by atoms with Crippen LogP contribution in [-0.2, 0) is 22.5 Å². The fourth-order valence-electron chi connectivity index (χ4n) is 5.10. The van der Waals surface area contributed by atoms with Crippen LogP contribution in [0.25, 0.3) is 0 Å². The highest BCUT2D eigenvalue weighted by Gasteiger charge is 2.42. The highest BCUT2D eigenvalue weighted by molar-refractivity contribution is 5.92. The number of H-pyrrole nitrogens is 1. The molecule has 36 heavy (non-hydrogen) atoms. The summed E-state index contributed by atoms with van der Waals surface area (Å²) in [4.78, 5) is 50.0. The molecule has 0 aromatic carbocycles. The van der Waals surface area contributed by atoms with Crippen LogP contribution in [0.5, 0.6) is 0 Å².